The molecule has 0 saturated heterocycles. The van der Waals surface area contributed by atoms with Gasteiger partial charge in [0.25, 0.3) is 0 Å². The van der Waals surface area contributed by atoms with Crippen LogP contribution in [0.3, 0.4) is 0 Å². The first-order valence-corrected chi connectivity index (χ1v) is 4.88. The first-order valence-electron chi connectivity index (χ1n) is 4.88. The Morgan fingerprint density at radius 2 is 1.83 bits per heavy atom. The Morgan fingerprint density at radius 3 is 2.25 bits per heavy atom. The van der Waals surface area contributed by atoms with E-state index < -0.39 is 5.60 Å². The molecule has 0 fully saturated rings. The van der Waals surface area contributed by atoms with Crippen LogP contribution in [0, 0.1) is 12.3 Å². The van der Waals surface area contributed by atoms with Crippen molar-refractivity contribution in [1.82, 2.24) is 0 Å². The van der Waals surface area contributed by atoms with Gasteiger partial charge in [0, 0.05) is 0 Å². The maximum Gasteiger partial charge on any atom is 0.125 e. The highest BCUT2D eigenvalue weighted by molar-refractivity contribution is 5.06. The minimum Gasteiger partial charge on any atom is -0.378 e. The van der Waals surface area contributed by atoms with Crippen molar-refractivity contribution in [3.63, 3.8) is 0 Å². The fraction of sp³-hybridized carbons (Fsp3) is 0.818. The molecular weight excluding hydrogens is 148 g/mol. The van der Waals surface area contributed by atoms with Gasteiger partial charge in [-0.2, -0.15) is 0 Å². The summed E-state index contributed by atoms with van der Waals surface area (Å²) in [5.74, 6) is 2.49. The summed E-state index contributed by atoms with van der Waals surface area (Å²) in [4.78, 5) is 0. The zero-order valence-electron chi connectivity index (χ0n) is 8.27. The average molecular weight is 168 g/mol. The number of hydrogen-bond acceptors (Lipinski definition) is 1. The van der Waals surface area contributed by atoms with Crippen molar-refractivity contribution in [2.45, 2.75) is 58.0 Å². The Bertz CT molecular complexity index is 146. The third kappa shape index (κ3) is 4.41. The van der Waals surface area contributed by atoms with Gasteiger partial charge < -0.3 is 5.11 Å². The van der Waals surface area contributed by atoms with Crippen LogP contribution in [0.25, 0.3) is 0 Å². The minimum atomic E-state index is -0.829. The Hall–Kier alpha value is -0.480. The standard InChI is InChI=1S/C11H20O/c1-4-7-8-10-11(12,6-3)9-5-2/h3,12H,4-5,7-10H2,1-2H3. The largest absolute Gasteiger partial charge is 0.378 e. The highest BCUT2D eigenvalue weighted by Crippen LogP contribution is 2.19. The molecule has 0 aliphatic heterocycles. The molecule has 0 aromatic rings. The highest BCUT2D eigenvalue weighted by atomic mass is 16.3. The van der Waals surface area contributed by atoms with Crippen molar-refractivity contribution in [2.24, 2.45) is 0 Å². The van der Waals surface area contributed by atoms with Crippen LogP contribution in [0.4, 0.5) is 0 Å². The summed E-state index contributed by atoms with van der Waals surface area (Å²) < 4.78 is 0. The molecule has 1 heteroatoms. The van der Waals surface area contributed by atoms with Crippen LogP contribution in [0.2, 0.25) is 0 Å². The van der Waals surface area contributed by atoms with Gasteiger partial charge in [0.1, 0.15) is 5.60 Å². The molecule has 0 aliphatic carbocycles. The van der Waals surface area contributed by atoms with Gasteiger partial charge in [-0.15, -0.1) is 6.42 Å². The van der Waals surface area contributed by atoms with Crippen molar-refractivity contribution in [3.05, 3.63) is 0 Å². The second kappa shape index (κ2) is 6.08. The highest BCUT2D eigenvalue weighted by Gasteiger charge is 2.21. The predicted molar refractivity (Wildman–Crippen MR) is 52.8 cm³/mol. The third-order valence-electron chi connectivity index (χ3n) is 2.13. The van der Waals surface area contributed by atoms with Gasteiger partial charge in [-0.3, -0.25) is 0 Å². The summed E-state index contributed by atoms with van der Waals surface area (Å²) in [7, 11) is 0. The van der Waals surface area contributed by atoms with Gasteiger partial charge in [-0.05, 0) is 19.3 Å². The van der Waals surface area contributed by atoms with Gasteiger partial charge in [0.05, 0.1) is 0 Å². The Kier molecular flexibility index (Phi) is 5.84. The molecular formula is C11H20O. The molecule has 0 heterocycles. The molecule has 1 atom stereocenters. The topological polar surface area (TPSA) is 20.2 Å². The smallest absolute Gasteiger partial charge is 0.125 e. The van der Waals surface area contributed by atoms with Crippen LogP contribution in [0.5, 0.6) is 0 Å². The van der Waals surface area contributed by atoms with Gasteiger partial charge in [0.2, 0.25) is 0 Å². The van der Waals surface area contributed by atoms with Gasteiger partial charge in [0.15, 0.2) is 0 Å². The molecule has 0 amide bonds. The molecule has 1 unspecified atom stereocenters. The van der Waals surface area contributed by atoms with Gasteiger partial charge in [-0.1, -0.05) is 39.0 Å². The maximum atomic E-state index is 9.81. The van der Waals surface area contributed by atoms with Crippen LogP contribution < -0.4 is 0 Å². The van der Waals surface area contributed by atoms with E-state index in [1.54, 1.807) is 0 Å². The Labute approximate surface area is 76.2 Å². The van der Waals surface area contributed by atoms with Crippen molar-refractivity contribution in [2.75, 3.05) is 0 Å². The van der Waals surface area contributed by atoms with E-state index in [0.717, 1.165) is 32.1 Å². The molecule has 0 radical (unpaired) electrons. The van der Waals surface area contributed by atoms with E-state index in [9.17, 15) is 5.11 Å². The summed E-state index contributed by atoms with van der Waals surface area (Å²) in [5.41, 5.74) is -0.829. The molecule has 0 aliphatic rings. The molecule has 0 saturated carbocycles. The molecule has 70 valence electrons. The molecule has 0 rings (SSSR count). The molecule has 1 N–H and O–H groups in total. The average Bonchev–Trinajstić information content (AvgIpc) is 2.06. The quantitative estimate of drug-likeness (QED) is 0.477. The van der Waals surface area contributed by atoms with Crippen molar-refractivity contribution < 1.29 is 5.11 Å². The third-order valence-corrected chi connectivity index (χ3v) is 2.13. The number of rotatable bonds is 6. The van der Waals surface area contributed by atoms with Crippen LogP contribution >= 0.6 is 0 Å². The van der Waals surface area contributed by atoms with E-state index in [1.165, 1.54) is 6.42 Å². The first kappa shape index (κ1) is 11.5. The fourth-order valence-corrected chi connectivity index (χ4v) is 1.35. The summed E-state index contributed by atoms with van der Waals surface area (Å²) in [6, 6.07) is 0. The molecule has 0 aromatic carbocycles. The van der Waals surface area contributed by atoms with E-state index in [0.29, 0.717) is 0 Å². The maximum absolute atomic E-state index is 9.81. The monoisotopic (exact) mass is 168 g/mol. The SMILES string of the molecule is C#CC(O)(CCC)CCCCC. The van der Waals surface area contributed by atoms with Crippen molar-refractivity contribution in [3.8, 4) is 12.3 Å². The van der Waals surface area contributed by atoms with Crippen LogP contribution in [0.1, 0.15) is 52.4 Å². The van der Waals surface area contributed by atoms with E-state index in [2.05, 4.69) is 12.8 Å². The lowest BCUT2D eigenvalue weighted by atomic mass is 9.92. The summed E-state index contributed by atoms with van der Waals surface area (Å²) in [6.07, 6.45) is 11.1. The number of aliphatic hydroxyl groups is 1. The van der Waals surface area contributed by atoms with E-state index in [4.69, 9.17) is 6.42 Å². The number of unbranched alkanes of at least 4 members (excludes halogenated alkanes) is 2. The second-order valence-corrected chi connectivity index (χ2v) is 3.38. The van der Waals surface area contributed by atoms with Gasteiger partial charge >= 0.3 is 0 Å². The van der Waals surface area contributed by atoms with Crippen LogP contribution in [0.15, 0.2) is 0 Å². The predicted octanol–water partition coefficient (Wildman–Crippen LogP) is 2.73. The lowest BCUT2D eigenvalue weighted by molar-refractivity contribution is 0.0788. The van der Waals surface area contributed by atoms with E-state index in [-0.39, 0.29) is 0 Å². The zero-order valence-corrected chi connectivity index (χ0v) is 8.27. The Morgan fingerprint density at radius 1 is 1.17 bits per heavy atom. The lowest BCUT2D eigenvalue weighted by Crippen LogP contribution is -2.25. The van der Waals surface area contributed by atoms with Crippen molar-refractivity contribution >= 4 is 0 Å². The zero-order chi connectivity index (χ0) is 9.45. The lowest BCUT2D eigenvalue weighted by Gasteiger charge is -2.20. The Balaban J connectivity index is 3.73. The summed E-state index contributed by atoms with van der Waals surface area (Å²) in [5, 5.41) is 9.81. The molecule has 0 aromatic heterocycles. The second-order valence-electron chi connectivity index (χ2n) is 3.38. The first-order chi connectivity index (χ1) is 5.68. The molecule has 1 nitrogen and oxygen atoms in total. The number of hydrogen-bond donors (Lipinski definition) is 1. The molecule has 0 spiro atoms. The summed E-state index contributed by atoms with van der Waals surface area (Å²) >= 11 is 0. The minimum absolute atomic E-state index is 0.729. The van der Waals surface area contributed by atoms with Crippen LogP contribution in [-0.4, -0.2) is 10.7 Å². The van der Waals surface area contributed by atoms with E-state index in [1.807, 2.05) is 6.92 Å². The number of terminal acetylenes is 1. The normalized spacial score (nSPS) is 15.2. The fourth-order valence-electron chi connectivity index (χ4n) is 1.35. The molecule has 12 heavy (non-hydrogen) atoms. The van der Waals surface area contributed by atoms with Gasteiger partial charge in [-0.25, -0.2) is 0 Å². The summed E-state index contributed by atoms with van der Waals surface area (Å²) in [6.45, 7) is 4.19. The van der Waals surface area contributed by atoms with Crippen molar-refractivity contribution in [1.29, 1.82) is 0 Å². The van der Waals surface area contributed by atoms with Crippen LogP contribution in [-0.2, 0) is 0 Å². The van der Waals surface area contributed by atoms with E-state index >= 15 is 0 Å². The molecule has 0 bridgehead atoms.